The molecule has 0 amide bonds. The van der Waals surface area contributed by atoms with Crippen LogP contribution < -0.4 is 9.47 Å². The van der Waals surface area contributed by atoms with Gasteiger partial charge in [0.1, 0.15) is 11.5 Å². The minimum absolute atomic E-state index is 0.425. The molecule has 2 rings (SSSR count). The smallest absolute Gasteiger partial charge is 0.124 e. The van der Waals surface area contributed by atoms with Gasteiger partial charge in [0, 0.05) is 21.5 Å². The summed E-state index contributed by atoms with van der Waals surface area (Å²) < 4.78 is 11.4. The number of hydrogen-bond acceptors (Lipinski definition) is 3. The second-order valence-electron chi connectivity index (χ2n) is 4.56. The van der Waals surface area contributed by atoms with Gasteiger partial charge in [-0.2, -0.15) is 0 Å². The molecule has 0 spiro atoms. The Kier molecular flexibility index (Phi) is 5.51. The van der Waals surface area contributed by atoms with Gasteiger partial charge >= 0.3 is 0 Å². The number of aliphatic hydroxyl groups excluding tert-OH is 1. The van der Waals surface area contributed by atoms with Crippen molar-refractivity contribution in [3.63, 3.8) is 0 Å². The number of benzene rings is 2. The van der Waals surface area contributed by atoms with Crippen LogP contribution in [0.25, 0.3) is 0 Å². The SMILES string of the molecule is COc1ccc(Br)c(CC(O)c2cc(Cl)ccc2OC)c1. The summed E-state index contributed by atoms with van der Waals surface area (Å²) in [6.45, 7) is 0. The molecule has 21 heavy (non-hydrogen) atoms. The Balaban J connectivity index is 2.29. The van der Waals surface area contributed by atoms with E-state index in [2.05, 4.69) is 15.9 Å². The lowest BCUT2D eigenvalue weighted by molar-refractivity contribution is 0.173. The van der Waals surface area contributed by atoms with E-state index in [1.807, 2.05) is 18.2 Å². The van der Waals surface area contributed by atoms with E-state index in [9.17, 15) is 5.11 Å². The Hall–Kier alpha value is -1.23. The molecule has 5 heteroatoms. The van der Waals surface area contributed by atoms with Crippen molar-refractivity contribution in [2.24, 2.45) is 0 Å². The average molecular weight is 372 g/mol. The number of aliphatic hydroxyl groups is 1. The summed E-state index contributed by atoms with van der Waals surface area (Å²) in [6.07, 6.45) is -0.295. The highest BCUT2D eigenvalue weighted by molar-refractivity contribution is 9.10. The Morgan fingerprint density at radius 3 is 2.57 bits per heavy atom. The fourth-order valence-electron chi connectivity index (χ4n) is 2.12. The van der Waals surface area contributed by atoms with E-state index in [0.717, 1.165) is 15.8 Å². The van der Waals surface area contributed by atoms with E-state index in [4.69, 9.17) is 21.1 Å². The zero-order valence-electron chi connectivity index (χ0n) is 11.8. The monoisotopic (exact) mass is 370 g/mol. The van der Waals surface area contributed by atoms with Crippen molar-refractivity contribution in [3.05, 3.63) is 57.0 Å². The topological polar surface area (TPSA) is 38.7 Å². The molecule has 2 aromatic rings. The van der Waals surface area contributed by atoms with Gasteiger partial charge in [0.05, 0.1) is 20.3 Å². The van der Waals surface area contributed by atoms with Crippen LogP contribution in [0.3, 0.4) is 0 Å². The van der Waals surface area contributed by atoms with Crippen LogP contribution in [0, 0.1) is 0 Å². The molecule has 3 nitrogen and oxygen atoms in total. The number of hydrogen-bond donors (Lipinski definition) is 1. The standard InChI is InChI=1S/C16H16BrClO3/c1-20-12-4-5-14(17)10(7-12)8-15(19)13-9-11(18)3-6-16(13)21-2/h3-7,9,15,19H,8H2,1-2H3. The summed E-state index contributed by atoms with van der Waals surface area (Å²) in [5, 5.41) is 11.1. The highest BCUT2D eigenvalue weighted by atomic mass is 79.9. The Labute approximate surface area is 137 Å². The van der Waals surface area contributed by atoms with Crippen LogP contribution in [-0.4, -0.2) is 19.3 Å². The van der Waals surface area contributed by atoms with Crippen LogP contribution >= 0.6 is 27.5 Å². The maximum atomic E-state index is 10.5. The zero-order valence-corrected chi connectivity index (χ0v) is 14.1. The predicted octanol–water partition coefficient (Wildman–Crippen LogP) is 4.40. The Bertz CT molecular complexity index is 631. The van der Waals surface area contributed by atoms with Crippen molar-refractivity contribution in [3.8, 4) is 11.5 Å². The number of halogens is 2. The molecule has 0 heterocycles. The van der Waals surface area contributed by atoms with Crippen molar-refractivity contribution in [1.29, 1.82) is 0 Å². The van der Waals surface area contributed by atoms with Crippen LogP contribution in [-0.2, 0) is 6.42 Å². The van der Waals surface area contributed by atoms with Crippen LogP contribution in [0.1, 0.15) is 17.2 Å². The van der Waals surface area contributed by atoms with Gasteiger partial charge in [-0.15, -0.1) is 0 Å². The van der Waals surface area contributed by atoms with Gasteiger partial charge in [0.2, 0.25) is 0 Å². The molecule has 1 atom stereocenters. The predicted molar refractivity (Wildman–Crippen MR) is 87.4 cm³/mol. The van der Waals surface area contributed by atoms with Gasteiger partial charge in [-0.25, -0.2) is 0 Å². The first kappa shape index (κ1) is 16.1. The number of methoxy groups -OCH3 is 2. The quantitative estimate of drug-likeness (QED) is 0.847. The molecule has 0 aliphatic carbocycles. The third kappa shape index (κ3) is 3.90. The third-order valence-electron chi connectivity index (χ3n) is 3.22. The van der Waals surface area contributed by atoms with Crippen molar-refractivity contribution < 1.29 is 14.6 Å². The maximum absolute atomic E-state index is 10.5. The summed E-state index contributed by atoms with van der Waals surface area (Å²) in [4.78, 5) is 0. The van der Waals surface area contributed by atoms with E-state index in [1.165, 1.54) is 0 Å². The lowest BCUT2D eigenvalue weighted by atomic mass is 10.0. The van der Waals surface area contributed by atoms with Gasteiger partial charge in [0.25, 0.3) is 0 Å². The second kappa shape index (κ2) is 7.16. The molecule has 2 aromatic carbocycles. The molecule has 0 saturated carbocycles. The molecule has 0 fully saturated rings. The third-order valence-corrected chi connectivity index (χ3v) is 4.23. The van der Waals surface area contributed by atoms with Gasteiger partial charge in [-0.05, 0) is 42.0 Å². The van der Waals surface area contributed by atoms with E-state index in [1.54, 1.807) is 32.4 Å². The Morgan fingerprint density at radius 1 is 1.14 bits per heavy atom. The molecule has 0 bridgehead atoms. The molecular weight excluding hydrogens is 356 g/mol. The van der Waals surface area contributed by atoms with E-state index in [0.29, 0.717) is 22.8 Å². The molecule has 0 radical (unpaired) electrons. The minimum Gasteiger partial charge on any atom is -0.497 e. The van der Waals surface area contributed by atoms with Crippen LogP contribution in [0.5, 0.6) is 11.5 Å². The lowest BCUT2D eigenvalue weighted by Gasteiger charge is -2.16. The molecule has 1 N–H and O–H groups in total. The highest BCUT2D eigenvalue weighted by Crippen LogP contribution is 2.32. The van der Waals surface area contributed by atoms with E-state index >= 15 is 0 Å². The molecule has 0 aromatic heterocycles. The fourth-order valence-corrected chi connectivity index (χ4v) is 2.71. The second-order valence-corrected chi connectivity index (χ2v) is 5.85. The van der Waals surface area contributed by atoms with Crippen LogP contribution in [0.4, 0.5) is 0 Å². The molecule has 112 valence electrons. The highest BCUT2D eigenvalue weighted by Gasteiger charge is 2.16. The molecule has 0 aliphatic heterocycles. The molecule has 0 aliphatic rings. The van der Waals surface area contributed by atoms with Crippen LogP contribution in [0.2, 0.25) is 5.02 Å². The van der Waals surface area contributed by atoms with Gasteiger partial charge in [0.15, 0.2) is 0 Å². The maximum Gasteiger partial charge on any atom is 0.124 e. The van der Waals surface area contributed by atoms with E-state index < -0.39 is 6.10 Å². The van der Waals surface area contributed by atoms with Gasteiger partial charge < -0.3 is 14.6 Å². The summed E-state index contributed by atoms with van der Waals surface area (Å²) >= 11 is 9.49. The zero-order chi connectivity index (χ0) is 15.4. The van der Waals surface area contributed by atoms with Crippen LogP contribution in [0.15, 0.2) is 40.9 Å². The first-order chi connectivity index (χ1) is 10.0. The van der Waals surface area contributed by atoms with Crippen molar-refractivity contribution in [2.75, 3.05) is 14.2 Å². The largest absolute Gasteiger partial charge is 0.497 e. The fraction of sp³-hybridized carbons (Fsp3) is 0.250. The lowest BCUT2D eigenvalue weighted by Crippen LogP contribution is -2.05. The molecule has 0 saturated heterocycles. The van der Waals surface area contributed by atoms with Gasteiger partial charge in [-0.1, -0.05) is 27.5 Å². The number of ether oxygens (including phenoxy) is 2. The molecular formula is C16H16BrClO3. The van der Waals surface area contributed by atoms with Crippen molar-refractivity contribution in [1.82, 2.24) is 0 Å². The number of rotatable bonds is 5. The summed E-state index contributed by atoms with van der Waals surface area (Å²) in [5.74, 6) is 1.37. The van der Waals surface area contributed by atoms with Crippen molar-refractivity contribution in [2.45, 2.75) is 12.5 Å². The first-order valence-corrected chi connectivity index (χ1v) is 7.56. The summed E-state index contributed by atoms with van der Waals surface area (Å²) in [7, 11) is 3.18. The minimum atomic E-state index is -0.720. The van der Waals surface area contributed by atoms with E-state index in [-0.39, 0.29) is 0 Å². The summed E-state index contributed by atoms with van der Waals surface area (Å²) in [6, 6.07) is 10.9. The average Bonchev–Trinajstić information content (AvgIpc) is 2.49. The van der Waals surface area contributed by atoms with Crippen molar-refractivity contribution >= 4 is 27.5 Å². The first-order valence-electron chi connectivity index (χ1n) is 6.39. The molecule has 1 unspecified atom stereocenters. The Morgan fingerprint density at radius 2 is 1.90 bits per heavy atom. The van der Waals surface area contributed by atoms with Gasteiger partial charge in [-0.3, -0.25) is 0 Å². The normalized spacial score (nSPS) is 12.0. The summed E-state index contributed by atoms with van der Waals surface area (Å²) in [5.41, 5.74) is 1.61.